The fourth-order valence-electron chi connectivity index (χ4n) is 2.35. The molecule has 1 aliphatic rings. The predicted molar refractivity (Wildman–Crippen MR) is 77.5 cm³/mol. The van der Waals surface area contributed by atoms with E-state index in [1.54, 1.807) is 0 Å². The molecule has 5 nitrogen and oxygen atoms in total. The lowest BCUT2D eigenvalue weighted by Crippen LogP contribution is -2.49. The van der Waals surface area contributed by atoms with Gasteiger partial charge in [0.2, 0.25) is 11.8 Å². The van der Waals surface area contributed by atoms with Crippen molar-refractivity contribution in [1.82, 2.24) is 20.4 Å². The van der Waals surface area contributed by atoms with E-state index in [1.165, 1.54) is 0 Å². The molecule has 1 unspecified atom stereocenters. The van der Waals surface area contributed by atoms with Crippen molar-refractivity contribution in [3.05, 3.63) is 35.2 Å². The van der Waals surface area contributed by atoms with Crippen molar-refractivity contribution < 1.29 is 4.42 Å². The number of hydrogen-bond acceptors (Lipinski definition) is 5. The number of nitrogens with one attached hydrogen (secondary N) is 1. The van der Waals surface area contributed by atoms with Crippen LogP contribution in [0.2, 0.25) is 5.02 Å². The molecule has 1 saturated heterocycles. The molecule has 3 rings (SSSR count). The van der Waals surface area contributed by atoms with Crippen molar-refractivity contribution in [2.24, 2.45) is 0 Å². The lowest BCUT2D eigenvalue weighted by molar-refractivity contribution is 0.151. The summed E-state index contributed by atoms with van der Waals surface area (Å²) in [6, 6.07) is 7.96. The van der Waals surface area contributed by atoms with Gasteiger partial charge in [-0.25, -0.2) is 0 Å². The lowest BCUT2D eigenvalue weighted by Gasteiger charge is -2.32. The third-order valence-corrected chi connectivity index (χ3v) is 3.88. The highest BCUT2D eigenvalue weighted by Gasteiger charge is 2.20. The van der Waals surface area contributed by atoms with Gasteiger partial charge in [-0.1, -0.05) is 23.7 Å². The monoisotopic (exact) mass is 292 g/mol. The molecule has 0 bridgehead atoms. The zero-order valence-electron chi connectivity index (χ0n) is 11.3. The van der Waals surface area contributed by atoms with Crippen molar-refractivity contribution in [3.63, 3.8) is 0 Å². The number of benzene rings is 1. The second kappa shape index (κ2) is 5.91. The van der Waals surface area contributed by atoms with Gasteiger partial charge in [0.1, 0.15) is 0 Å². The molecule has 0 saturated carbocycles. The van der Waals surface area contributed by atoms with Gasteiger partial charge in [0.25, 0.3) is 0 Å². The van der Waals surface area contributed by atoms with E-state index in [9.17, 15) is 0 Å². The van der Waals surface area contributed by atoms with Crippen LogP contribution >= 0.6 is 11.6 Å². The minimum Gasteiger partial charge on any atom is -0.419 e. The third-order valence-electron chi connectivity index (χ3n) is 3.55. The van der Waals surface area contributed by atoms with Crippen LogP contribution < -0.4 is 5.32 Å². The van der Waals surface area contributed by atoms with Crippen LogP contribution in [0.3, 0.4) is 0 Å². The van der Waals surface area contributed by atoms with Crippen LogP contribution in [-0.4, -0.2) is 40.8 Å². The highest BCUT2D eigenvalue weighted by molar-refractivity contribution is 6.33. The van der Waals surface area contributed by atoms with Crippen LogP contribution in [-0.2, 0) is 6.54 Å². The normalized spacial score (nSPS) is 20.2. The zero-order chi connectivity index (χ0) is 13.9. The lowest BCUT2D eigenvalue weighted by atomic mass is 10.2. The topological polar surface area (TPSA) is 54.2 Å². The van der Waals surface area contributed by atoms with E-state index in [1.807, 2.05) is 24.3 Å². The van der Waals surface area contributed by atoms with Crippen molar-refractivity contribution in [3.8, 4) is 11.5 Å². The summed E-state index contributed by atoms with van der Waals surface area (Å²) in [6.07, 6.45) is 0. The summed E-state index contributed by atoms with van der Waals surface area (Å²) in [7, 11) is 0. The van der Waals surface area contributed by atoms with E-state index in [2.05, 4.69) is 27.3 Å². The van der Waals surface area contributed by atoms with Gasteiger partial charge in [0.15, 0.2) is 0 Å². The second-order valence-electron chi connectivity index (χ2n) is 5.00. The number of nitrogens with zero attached hydrogens (tertiary/aromatic N) is 3. The molecular weight excluding hydrogens is 276 g/mol. The van der Waals surface area contributed by atoms with E-state index in [-0.39, 0.29) is 0 Å². The minimum atomic E-state index is 0.472. The molecule has 20 heavy (non-hydrogen) atoms. The smallest absolute Gasteiger partial charge is 0.249 e. The quantitative estimate of drug-likeness (QED) is 0.940. The Kier molecular flexibility index (Phi) is 4.00. The Balaban J connectivity index is 1.75. The molecule has 0 radical (unpaired) electrons. The van der Waals surface area contributed by atoms with Crippen LogP contribution in [0.5, 0.6) is 0 Å². The van der Waals surface area contributed by atoms with E-state index in [4.69, 9.17) is 16.0 Å². The van der Waals surface area contributed by atoms with Gasteiger partial charge >= 0.3 is 0 Å². The zero-order valence-corrected chi connectivity index (χ0v) is 12.1. The maximum absolute atomic E-state index is 6.14. The molecular formula is C14H17ClN4O. The molecule has 1 aromatic heterocycles. The maximum atomic E-state index is 6.14. The Morgan fingerprint density at radius 3 is 3.05 bits per heavy atom. The molecule has 0 spiro atoms. The second-order valence-corrected chi connectivity index (χ2v) is 5.41. The van der Waals surface area contributed by atoms with Crippen LogP contribution in [0.25, 0.3) is 11.5 Å². The largest absolute Gasteiger partial charge is 0.419 e. The first-order valence-corrected chi connectivity index (χ1v) is 7.14. The first kappa shape index (κ1) is 13.5. The number of hydrogen-bond donors (Lipinski definition) is 1. The SMILES string of the molecule is CC1CNCCN1Cc1nnc(-c2ccccc2Cl)o1. The van der Waals surface area contributed by atoms with Crippen LogP contribution in [0.1, 0.15) is 12.8 Å². The summed E-state index contributed by atoms with van der Waals surface area (Å²) in [6.45, 7) is 5.85. The van der Waals surface area contributed by atoms with Crippen molar-refractivity contribution >= 4 is 11.6 Å². The first-order valence-electron chi connectivity index (χ1n) is 6.76. The summed E-state index contributed by atoms with van der Waals surface area (Å²) >= 11 is 6.14. The molecule has 0 aliphatic carbocycles. The Hall–Kier alpha value is -1.43. The molecule has 106 valence electrons. The molecule has 1 aliphatic heterocycles. The average Bonchev–Trinajstić information content (AvgIpc) is 2.90. The van der Waals surface area contributed by atoms with Crippen molar-refractivity contribution in [2.45, 2.75) is 19.5 Å². The first-order chi connectivity index (χ1) is 9.74. The van der Waals surface area contributed by atoms with Gasteiger partial charge in [0, 0.05) is 25.7 Å². The standard InChI is InChI=1S/C14H17ClN4O/c1-10-8-16-6-7-19(10)9-13-17-18-14(20-13)11-4-2-3-5-12(11)15/h2-5,10,16H,6-9H2,1H3. The molecule has 2 aromatic rings. The summed E-state index contributed by atoms with van der Waals surface area (Å²) in [5, 5.41) is 12.2. The van der Waals surface area contributed by atoms with Crippen molar-refractivity contribution in [2.75, 3.05) is 19.6 Å². The predicted octanol–water partition coefficient (Wildman–Crippen LogP) is 2.18. The van der Waals surface area contributed by atoms with Crippen LogP contribution in [0.15, 0.2) is 28.7 Å². The van der Waals surface area contributed by atoms with Gasteiger partial charge in [0.05, 0.1) is 17.1 Å². The molecule has 1 atom stereocenters. The summed E-state index contributed by atoms with van der Waals surface area (Å²) in [5.41, 5.74) is 0.779. The van der Waals surface area contributed by atoms with Crippen molar-refractivity contribution in [1.29, 1.82) is 0 Å². The Bertz CT molecular complexity index is 586. The van der Waals surface area contributed by atoms with E-state index in [0.717, 1.165) is 25.2 Å². The number of piperazine rings is 1. The fraction of sp³-hybridized carbons (Fsp3) is 0.429. The minimum absolute atomic E-state index is 0.472. The molecule has 0 amide bonds. The Morgan fingerprint density at radius 2 is 2.25 bits per heavy atom. The Labute approximate surface area is 122 Å². The average molecular weight is 293 g/mol. The molecule has 1 fully saturated rings. The number of rotatable bonds is 3. The van der Waals surface area contributed by atoms with Crippen LogP contribution in [0, 0.1) is 0 Å². The highest BCUT2D eigenvalue weighted by Crippen LogP contribution is 2.26. The number of aromatic nitrogens is 2. The molecule has 1 N–H and O–H groups in total. The third kappa shape index (κ3) is 2.85. The van der Waals surface area contributed by atoms with Gasteiger partial charge in [-0.05, 0) is 19.1 Å². The van der Waals surface area contributed by atoms with Gasteiger partial charge in [-0.2, -0.15) is 0 Å². The van der Waals surface area contributed by atoms with E-state index >= 15 is 0 Å². The van der Waals surface area contributed by atoms with Gasteiger partial charge in [-0.3, -0.25) is 4.90 Å². The fourth-order valence-corrected chi connectivity index (χ4v) is 2.57. The van der Waals surface area contributed by atoms with Gasteiger partial charge in [-0.15, -0.1) is 10.2 Å². The summed E-state index contributed by atoms with van der Waals surface area (Å²) in [5.74, 6) is 1.11. The highest BCUT2D eigenvalue weighted by atomic mass is 35.5. The molecule has 6 heteroatoms. The molecule has 1 aromatic carbocycles. The Morgan fingerprint density at radius 1 is 1.40 bits per heavy atom. The van der Waals surface area contributed by atoms with E-state index < -0.39 is 0 Å². The van der Waals surface area contributed by atoms with E-state index in [0.29, 0.717) is 29.4 Å². The number of halogens is 1. The van der Waals surface area contributed by atoms with Crippen LogP contribution in [0.4, 0.5) is 0 Å². The maximum Gasteiger partial charge on any atom is 0.249 e. The summed E-state index contributed by atoms with van der Waals surface area (Å²) < 4.78 is 5.73. The van der Waals surface area contributed by atoms with Gasteiger partial charge < -0.3 is 9.73 Å². The molecule has 2 heterocycles. The summed E-state index contributed by atoms with van der Waals surface area (Å²) in [4.78, 5) is 2.33.